The Labute approximate surface area is 197 Å². The summed E-state index contributed by atoms with van der Waals surface area (Å²) in [5, 5.41) is 21.0. The Morgan fingerprint density at radius 2 is 1.44 bits per heavy atom. The number of hydrogen-bond donors (Lipinski definition) is 2. The fraction of sp³-hybridized carbons (Fsp3) is 0.519. The number of carbonyl (C=O) groups excluding carboxylic acids is 1. The molecular formula is C27H38O4S. The predicted octanol–water partition coefficient (Wildman–Crippen LogP) is 6.84. The zero-order chi connectivity index (χ0) is 24.4. The van der Waals surface area contributed by atoms with Gasteiger partial charge in [0, 0.05) is 16.2 Å². The van der Waals surface area contributed by atoms with Gasteiger partial charge < -0.3 is 14.9 Å². The van der Waals surface area contributed by atoms with Crippen molar-refractivity contribution in [3.05, 3.63) is 51.6 Å². The molecule has 0 radical (unpaired) electrons. The highest BCUT2D eigenvalue weighted by Gasteiger charge is 2.23. The standard InChI is InChI=1S/C27H38O4S/c1-16-13-21(26(4,5)6)25(30)18(3)20(16)15-31-23(28)10-11-32-19-12-17(2)24(29)22(14-19)27(7,8)9/h12-14,29-30H,10-11,15H2,1-9H3. The quantitative estimate of drug-likeness (QED) is 0.366. The van der Waals surface area contributed by atoms with Gasteiger partial charge in [-0.15, -0.1) is 11.8 Å². The average Bonchev–Trinajstić information content (AvgIpc) is 2.65. The van der Waals surface area contributed by atoms with Crippen LogP contribution >= 0.6 is 11.8 Å². The van der Waals surface area contributed by atoms with E-state index in [9.17, 15) is 15.0 Å². The topological polar surface area (TPSA) is 66.8 Å². The van der Waals surface area contributed by atoms with Gasteiger partial charge in [-0.05, 0) is 71.6 Å². The number of aryl methyl sites for hydroxylation is 2. The van der Waals surface area contributed by atoms with E-state index in [0.29, 0.717) is 17.9 Å². The Kier molecular flexibility index (Phi) is 7.98. The lowest BCUT2D eigenvalue weighted by molar-refractivity contribution is -0.144. The fourth-order valence-electron chi connectivity index (χ4n) is 3.69. The number of benzene rings is 2. The van der Waals surface area contributed by atoms with Crippen LogP contribution in [0.3, 0.4) is 0 Å². The highest BCUT2D eigenvalue weighted by molar-refractivity contribution is 7.99. The van der Waals surface area contributed by atoms with Gasteiger partial charge in [-0.3, -0.25) is 4.79 Å². The summed E-state index contributed by atoms with van der Waals surface area (Å²) in [4.78, 5) is 13.4. The van der Waals surface area contributed by atoms with Crippen molar-refractivity contribution in [1.82, 2.24) is 0 Å². The van der Waals surface area contributed by atoms with Crippen LogP contribution < -0.4 is 0 Å². The van der Waals surface area contributed by atoms with Gasteiger partial charge in [0.15, 0.2) is 0 Å². The number of ether oxygens (including phenoxy) is 1. The maximum absolute atomic E-state index is 12.3. The molecule has 0 aliphatic rings. The van der Waals surface area contributed by atoms with Gasteiger partial charge in [0.05, 0.1) is 6.42 Å². The summed E-state index contributed by atoms with van der Waals surface area (Å²) in [5.74, 6) is 0.954. The minimum absolute atomic E-state index is 0.158. The zero-order valence-corrected chi connectivity index (χ0v) is 21.8. The second-order valence-corrected chi connectivity index (χ2v) is 11.8. The molecule has 0 atom stereocenters. The van der Waals surface area contributed by atoms with E-state index < -0.39 is 0 Å². The molecule has 0 heterocycles. The van der Waals surface area contributed by atoms with Crippen molar-refractivity contribution in [2.45, 2.75) is 91.1 Å². The molecule has 2 rings (SSSR count). The van der Waals surface area contributed by atoms with Crippen LogP contribution in [0.25, 0.3) is 0 Å². The molecule has 0 spiro atoms. The van der Waals surface area contributed by atoms with Crippen molar-refractivity contribution in [2.24, 2.45) is 0 Å². The predicted molar refractivity (Wildman–Crippen MR) is 133 cm³/mol. The van der Waals surface area contributed by atoms with Gasteiger partial charge in [0.1, 0.15) is 18.1 Å². The maximum Gasteiger partial charge on any atom is 0.306 e. The van der Waals surface area contributed by atoms with Crippen LogP contribution in [0, 0.1) is 20.8 Å². The highest BCUT2D eigenvalue weighted by Crippen LogP contribution is 2.38. The molecule has 32 heavy (non-hydrogen) atoms. The van der Waals surface area contributed by atoms with Crippen molar-refractivity contribution >= 4 is 17.7 Å². The molecule has 4 nitrogen and oxygen atoms in total. The minimum atomic E-state index is -0.262. The van der Waals surface area contributed by atoms with E-state index in [1.165, 1.54) is 0 Å². The van der Waals surface area contributed by atoms with Gasteiger partial charge in [-0.25, -0.2) is 0 Å². The van der Waals surface area contributed by atoms with Crippen LogP contribution in [0.2, 0.25) is 0 Å². The Balaban J connectivity index is 2.00. The molecule has 0 amide bonds. The summed E-state index contributed by atoms with van der Waals surface area (Å²) in [7, 11) is 0. The normalized spacial score (nSPS) is 12.2. The van der Waals surface area contributed by atoms with Crippen molar-refractivity contribution in [2.75, 3.05) is 5.75 Å². The van der Waals surface area contributed by atoms with Crippen LogP contribution in [0.5, 0.6) is 11.5 Å². The molecule has 0 unspecified atom stereocenters. The summed E-state index contributed by atoms with van der Waals surface area (Å²) in [5.41, 5.74) is 4.98. The molecular weight excluding hydrogens is 420 g/mol. The molecule has 0 bridgehead atoms. The van der Waals surface area contributed by atoms with Crippen LogP contribution in [0.15, 0.2) is 23.1 Å². The largest absolute Gasteiger partial charge is 0.507 e. The maximum atomic E-state index is 12.3. The van der Waals surface area contributed by atoms with Crippen molar-refractivity contribution in [3.8, 4) is 11.5 Å². The van der Waals surface area contributed by atoms with Gasteiger partial charge in [0.2, 0.25) is 0 Å². The summed E-state index contributed by atoms with van der Waals surface area (Å²) >= 11 is 1.59. The molecule has 0 aliphatic carbocycles. The fourth-order valence-corrected chi connectivity index (χ4v) is 4.65. The molecule has 0 aliphatic heterocycles. The molecule has 0 fully saturated rings. The first kappa shape index (κ1) is 26.1. The number of carbonyl (C=O) groups is 1. The third-order valence-electron chi connectivity index (χ3n) is 5.74. The number of aromatic hydroxyl groups is 2. The third-order valence-corrected chi connectivity index (χ3v) is 6.72. The molecule has 0 aromatic heterocycles. The van der Waals surface area contributed by atoms with E-state index >= 15 is 0 Å². The monoisotopic (exact) mass is 458 g/mol. The number of rotatable bonds is 6. The summed E-state index contributed by atoms with van der Waals surface area (Å²) in [6, 6.07) is 5.94. The number of thioether (sulfide) groups is 1. The second kappa shape index (κ2) is 9.78. The smallest absolute Gasteiger partial charge is 0.306 e. The third kappa shape index (κ3) is 6.22. The Morgan fingerprint density at radius 1 is 0.875 bits per heavy atom. The van der Waals surface area contributed by atoms with E-state index in [4.69, 9.17) is 4.74 Å². The van der Waals surface area contributed by atoms with Gasteiger partial charge in [-0.1, -0.05) is 47.6 Å². The van der Waals surface area contributed by atoms with Gasteiger partial charge in [0.25, 0.3) is 0 Å². The number of esters is 1. The Morgan fingerprint density at radius 3 is 2.00 bits per heavy atom. The van der Waals surface area contributed by atoms with E-state index in [-0.39, 0.29) is 29.2 Å². The number of hydrogen-bond acceptors (Lipinski definition) is 5. The van der Waals surface area contributed by atoms with Crippen LogP contribution in [-0.2, 0) is 27.0 Å². The van der Waals surface area contributed by atoms with E-state index in [2.05, 4.69) is 41.5 Å². The second-order valence-electron chi connectivity index (χ2n) is 10.6. The Bertz CT molecular complexity index is 994. The molecule has 2 N–H and O–H groups in total. The van der Waals surface area contributed by atoms with Crippen molar-refractivity contribution in [3.63, 3.8) is 0 Å². The van der Waals surface area contributed by atoms with Crippen molar-refractivity contribution in [1.29, 1.82) is 0 Å². The first-order chi connectivity index (χ1) is 14.6. The first-order valence-corrected chi connectivity index (χ1v) is 12.1. The van der Waals surface area contributed by atoms with E-state index in [0.717, 1.165) is 38.3 Å². The lowest BCUT2D eigenvalue weighted by atomic mass is 9.83. The minimum Gasteiger partial charge on any atom is -0.507 e. The highest BCUT2D eigenvalue weighted by atomic mass is 32.2. The Hall–Kier alpha value is -2.14. The number of phenolic OH excluding ortho intramolecular Hbond substituents is 2. The molecule has 0 saturated carbocycles. The lowest BCUT2D eigenvalue weighted by Crippen LogP contribution is -2.14. The first-order valence-electron chi connectivity index (χ1n) is 11.1. The molecule has 2 aromatic carbocycles. The zero-order valence-electron chi connectivity index (χ0n) is 21.0. The SMILES string of the molecule is Cc1cc(SCCC(=O)OCc2c(C)cc(C(C)(C)C)c(O)c2C)cc(C(C)(C)C)c1O. The molecule has 0 saturated heterocycles. The van der Waals surface area contributed by atoms with E-state index in [1.807, 2.05) is 39.0 Å². The van der Waals surface area contributed by atoms with Crippen LogP contribution in [0.4, 0.5) is 0 Å². The molecule has 2 aromatic rings. The summed E-state index contributed by atoms with van der Waals surface area (Å²) in [6.45, 7) is 18.3. The summed E-state index contributed by atoms with van der Waals surface area (Å²) in [6.07, 6.45) is 0.291. The van der Waals surface area contributed by atoms with E-state index in [1.54, 1.807) is 11.8 Å². The van der Waals surface area contributed by atoms with Crippen molar-refractivity contribution < 1.29 is 19.7 Å². The summed E-state index contributed by atoms with van der Waals surface area (Å²) < 4.78 is 5.53. The molecule has 5 heteroatoms. The molecule has 176 valence electrons. The van der Waals surface area contributed by atoms with Crippen LogP contribution in [-0.4, -0.2) is 21.9 Å². The van der Waals surface area contributed by atoms with Gasteiger partial charge in [-0.2, -0.15) is 0 Å². The van der Waals surface area contributed by atoms with Gasteiger partial charge >= 0.3 is 5.97 Å². The van der Waals surface area contributed by atoms with Crippen LogP contribution in [0.1, 0.15) is 81.3 Å². The average molecular weight is 459 g/mol. The lowest BCUT2D eigenvalue weighted by Gasteiger charge is -2.24. The number of phenols is 2.